The van der Waals surface area contributed by atoms with Gasteiger partial charge in [-0.25, -0.2) is 4.79 Å². The maximum atomic E-state index is 11.4. The molecule has 1 aromatic carbocycles. The molecular weight excluding hydrogens is 272 g/mol. The van der Waals surface area contributed by atoms with Crippen LogP contribution in [0.25, 0.3) is 0 Å². The number of benzene rings is 1. The van der Waals surface area contributed by atoms with Crippen LogP contribution in [0.5, 0.6) is 5.75 Å². The van der Waals surface area contributed by atoms with E-state index >= 15 is 0 Å². The van der Waals surface area contributed by atoms with E-state index in [1.807, 2.05) is 24.3 Å². The summed E-state index contributed by atoms with van der Waals surface area (Å²) in [6.07, 6.45) is 2.59. The van der Waals surface area contributed by atoms with Crippen molar-refractivity contribution in [2.45, 2.75) is 32.6 Å². The lowest BCUT2D eigenvalue weighted by Crippen LogP contribution is -2.38. The molecule has 0 unspecified atom stereocenters. The van der Waals surface area contributed by atoms with Crippen molar-refractivity contribution in [3.05, 3.63) is 29.8 Å². The van der Waals surface area contributed by atoms with Crippen LogP contribution in [0.2, 0.25) is 0 Å². The number of carboxylic acid groups (broad SMARTS) is 1. The molecule has 0 aliphatic heterocycles. The van der Waals surface area contributed by atoms with Crippen molar-refractivity contribution in [3.63, 3.8) is 0 Å². The normalized spacial score (nSPS) is 9.95. The molecule has 0 aromatic heterocycles. The molecule has 6 heteroatoms. The number of urea groups is 1. The Morgan fingerprint density at radius 3 is 2.52 bits per heavy atom. The number of rotatable bonds is 9. The summed E-state index contributed by atoms with van der Waals surface area (Å²) in [5, 5.41) is 13.5. The second-order valence-corrected chi connectivity index (χ2v) is 4.61. The van der Waals surface area contributed by atoms with Crippen molar-refractivity contribution < 1.29 is 19.4 Å². The molecule has 6 nitrogen and oxygen atoms in total. The highest BCUT2D eigenvalue weighted by Crippen LogP contribution is 2.12. The van der Waals surface area contributed by atoms with Crippen LogP contribution in [0.3, 0.4) is 0 Å². The molecule has 0 aliphatic rings. The first-order valence-corrected chi connectivity index (χ1v) is 7.07. The predicted octanol–water partition coefficient (Wildman–Crippen LogP) is 2.14. The van der Waals surface area contributed by atoms with Crippen LogP contribution >= 0.6 is 0 Å². The highest BCUT2D eigenvalue weighted by atomic mass is 16.5. The molecule has 0 bridgehead atoms. The number of aryl methyl sites for hydroxylation is 1. The standard InChI is InChI=1S/C15H22N2O4/c1-2-4-12-6-8-13(9-7-12)21-11-17-15(20)16-10-3-5-14(18)19/h6-9H,2-5,10-11H2,1H3,(H,18,19)(H2,16,17,20). The van der Waals surface area contributed by atoms with E-state index in [1.54, 1.807) is 0 Å². The zero-order valence-electron chi connectivity index (χ0n) is 12.2. The maximum Gasteiger partial charge on any atom is 0.317 e. The van der Waals surface area contributed by atoms with E-state index in [4.69, 9.17) is 9.84 Å². The molecule has 0 fully saturated rings. The minimum absolute atomic E-state index is 0.0425. The molecule has 0 heterocycles. The van der Waals surface area contributed by atoms with Gasteiger partial charge in [-0.1, -0.05) is 25.5 Å². The molecule has 0 spiro atoms. The van der Waals surface area contributed by atoms with Crippen LogP contribution in [-0.4, -0.2) is 30.4 Å². The Morgan fingerprint density at radius 2 is 1.90 bits per heavy atom. The van der Waals surface area contributed by atoms with Crippen LogP contribution in [0.15, 0.2) is 24.3 Å². The van der Waals surface area contributed by atoms with Gasteiger partial charge in [-0.15, -0.1) is 0 Å². The van der Waals surface area contributed by atoms with Crippen LogP contribution in [0, 0.1) is 0 Å². The zero-order valence-corrected chi connectivity index (χ0v) is 12.2. The van der Waals surface area contributed by atoms with Crippen LogP contribution in [-0.2, 0) is 11.2 Å². The summed E-state index contributed by atoms with van der Waals surface area (Å²) in [5.74, 6) is -0.173. The quantitative estimate of drug-likeness (QED) is 0.481. The minimum Gasteiger partial charge on any atom is -0.481 e. The molecule has 0 aliphatic carbocycles. The fraction of sp³-hybridized carbons (Fsp3) is 0.467. The van der Waals surface area contributed by atoms with Gasteiger partial charge >= 0.3 is 12.0 Å². The second kappa shape index (κ2) is 9.63. The van der Waals surface area contributed by atoms with Crippen molar-refractivity contribution >= 4 is 12.0 Å². The van der Waals surface area contributed by atoms with Gasteiger partial charge in [0.05, 0.1) is 0 Å². The highest BCUT2D eigenvalue weighted by Gasteiger charge is 2.01. The molecule has 1 rings (SSSR count). The SMILES string of the molecule is CCCc1ccc(OCNC(=O)NCCCC(=O)O)cc1. The number of carboxylic acids is 1. The number of aliphatic carboxylic acids is 1. The maximum absolute atomic E-state index is 11.4. The smallest absolute Gasteiger partial charge is 0.317 e. The molecule has 0 radical (unpaired) electrons. The number of ether oxygens (including phenoxy) is 1. The van der Waals surface area contributed by atoms with Gasteiger partial charge in [0.15, 0.2) is 6.73 Å². The number of carbonyl (C=O) groups excluding carboxylic acids is 1. The number of carbonyl (C=O) groups is 2. The third-order valence-electron chi connectivity index (χ3n) is 2.79. The lowest BCUT2D eigenvalue weighted by molar-refractivity contribution is -0.137. The van der Waals surface area contributed by atoms with E-state index in [0.29, 0.717) is 18.7 Å². The van der Waals surface area contributed by atoms with Gasteiger partial charge in [-0.2, -0.15) is 0 Å². The molecule has 3 N–H and O–H groups in total. The summed E-state index contributed by atoms with van der Waals surface area (Å²) in [6.45, 7) is 2.52. The number of hydrogen-bond acceptors (Lipinski definition) is 3. The van der Waals surface area contributed by atoms with Crippen molar-refractivity contribution in [1.29, 1.82) is 0 Å². The molecule has 21 heavy (non-hydrogen) atoms. The first kappa shape index (κ1) is 16.8. The number of nitrogens with one attached hydrogen (secondary N) is 2. The molecular formula is C15H22N2O4. The van der Waals surface area contributed by atoms with Crippen molar-refractivity contribution in [1.82, 2.24) is 10.6 Å². The number of hydrogen-bond donors (Lipinski definition) is 3. The van der Waals surface area contributed by atoms with Crippen molar-refractivity contribution in [3.8, 4) is 5.75 Å². The van der Waals surface area contributed by atoms with E-state index in [2.05, 4.69) is 17.6 Å². The van der Waals surface area contributed by atoms with E-state index in [1.165, 1.54) is 5.56 Å². The third-order valence-corrected chi connectivity index (χ3v) is 2.79. The largest absolute Gasteiger partial charge is 0.481 e. The van der Waals surface area contributed by atoms with Crippen molar-refractivity contribution in [2.24, 2.45) is 0 Å². The average molecular weight is 294 g/mol. The Balaban J connectivity index is 2.14. The summed E-state index contributed by atoms with van der Waals surface area (Å²) >= 11 is 0. The fourth-order valence-corrected chi connectivity index (χ4v) is 1.73. The molecule has 0 saturated carbocycles. The van der Waals surface area contributed by atoms with Gasteiger partial charge in [0.25, 0.3) is 0 Å². The van der Waals surface area contributed by atoms with Gasteiger partial charge in [0.2, 0.25) is 0 Å². The lowest BCUT2D eigenvalue weighted by Gasteiger charge is -2.09. The summed E-state index contributed by atoms with van der Waals surface area (Å²) < 4.78 is 5.39. The van der Waals surface area contributed by atoms with E-state index < -0.39 is 5.97 Å². The lowest BCUT2D eigenvalue weighted by atomic mass is 10.1. The second-order valence-electron chi connectivity index (χ2n) is 4.61. The minimum atomic E-state index is -0.868. The zero-order chi connectivity index (χ0) is 15.5. The van der Waals surface area contributed by atoms with E-state index in [0.717, 1.165) is 12.8 Å². The molecule has 1 aromatic rings. The molecule has 116 valence electrons. The van der Waals surface area contributed by atoms with E-state index in [-0.39, 0.29) is 19.2 Å². The van der Waals surface area contributed by atoms with E-state index in [9.17, 15) is 9.59 Å². The highest BCUT2D eigenvalue weighted by molar-refractivity contribution is 5.73. The molecule has 0 saturated heterocycles. The Labute approximate surface area is 124 Å². The van der Waals surface area contributed by atoms with Gasteiger partial charge in [0.1, 0.15) is 5.75 Å². The Morgan fingerprint density at radius 1 is 1.19 bits per heavy atom. The number of amides is 2. The first-order valence-electron chi connectivity index (χ1n) is 7.07. The monoisotopic (exact) mass is 294 g/mol. The summed E-state index contributed by atoms with van der Waals surface area (Å²) in [5.41, 5.74) is 1.26. The third kappa shape index (κ3) is 7.81. The van der Waals surface area contributed by atoms with Crippen LogP contribution < -0.4 is 15.4 Å². The summed E-state index contributed by atoms with van der Waals surface area (Å²) in [4.78, 5) is 21.7. The van der Waals surface area contributed by atoms with Gasteiger partial charge in [0, 0.05) is 13.0 Å². The summed E-state index contributed by atoms with van der Waals surface area (Å²) in [6, 6.07) is 7.38. The fourth-order valence-electron chi connectivity index (χ4n) is 1.73. The molecule has 2 amide bonds. The van der Waals surface area contributed by atoms with Crippen LogP contribution in [0.4, 0.5) is 4.79 Å². The summed E-state index contributed by atoms with van der Waals surface area (Å²) in [7, 11) is 0. The van der Waals surface area contributed by atoms with Gasteiger partial charge in [-0.05, 0) is 30.5 Å². The van der Waals surface area contributed by atoms with Crippen molar-refractivity contribution in [2.75, 3.05) is 13.3 Å². The van der Waals surface area contributed by atoms with Gasteiger partial charge in [-0.3, -0.25) is 4.79 Å². The Bertz CT molecular complexity index is 445. The van der Waals surface area contributed by atoms with Crippen LogP contribution in [0.1, 0.15) is 31.7 Å². The Kier molecular flexibility index (Phi) is 7.71. The predicted molar refractivity (Wildman–Crippen MR) is 79.3 cm³/mol. The topological polar surface area (TPSA) is 87.7 Å². The molecule has 0 atom stereocenters. The first-order chi connectivity index (χ1) is 10.1. The average Bonchev–Trinajstić information content (AvgIpc) is 2.46. The Hall–Kier alpha value is -2.24. The van der Waals surface area contributed by atoms with Gasteiger partial charge < -0.3 is 20.5 Å².